The number of hydrogen-bond acceptors (Lipinski definition) is 3. The van der Waals surface area contributed by atoms with Crippen LogP contribution >= 0.6 is 11.6 Å². The fourth-order valence-electron chi connectivity index (χ4n) is 2.41. The Labute approximate surface area is 120 Å². The molecule has 0 radical (unpaired) electrons. The maximum absolute atomic E-state index is 11.9. The lowest BCUT2D eigenvalue weighted by Crippen LogP contribution is -2.35. The van der Waals surface area contributed by atoms with E-state index in [4.69, 9.17) is 11.6 Å². The molecule has 0 aromatic heterocycles. The summed E-state index contributed by atoms with van der Waals surface area (Å²) >= 11 is 6.17. The van der Waals surface area contributed by atoms with Crippen LogP contribution in [0, 0.1) is 0 Å². The quantitative estimate of drug-likeness (QED) is 0.802. The van der Waals surface area contributed by atoms with Crippen LogP contribution in [-0.4, -0.2) is 32.6 Å². The van der Waals surface area contributed by atoms with Crippen LogP contribution in [-0.2, 0) is 9.84 Å². The van der Waals surface area contributed by atoms with Gasteiger partial charge >= 0.3 is 0 Å². The van der Waals surface area contributed by atoms with Crippen LogP contribution in [0.15, 0.2) is 29.2 Å². The van der Waals surface area contributed by atoms with E-state index in [1.807, 2.05) is 19.1 Å². The molecule has 1 aliphatic heterocycles. The minimum absolute atomic E-state index is 0.192. The lowest BCUT2D eigenvalue weighted by atomic mass is 10.1. The average molecular weight is 302 g/mol. The number of anilines is 1. The lowest BCUT2D eigenvalue weighted by molar-refractivity contribution is 0.584. The fourth-order valence-corrected chi connectivity index (χ4v) is 4.06. The van der Waals surface area contributed by atoms with Gasteiger partial charge in [0.1, 0.15) is 0 Å². The molecule has 0 spiro atoms. The summed E-state index contributed by atoms with van der Waals surface area (Å²) in [5, 5.41) is 0.192. The highest BCUT2D eigenvalue weighted by atomic mass is 35.5. The van der Waals surface area contributed by atoms with E-state index in [9.17, 15) is 8.42 Å². The minimum atomic E-state index is -3.11. The van der Waals surface area contributed by atoms with E-state index in [1.165, 1.54) is 0 Å². The highest BCUT2D eigenvalue weighted by molar-refractivity contribution is 7.91. The molecule has 1 aromatic rings. The monoisotopic (exact) mass is 301 g/mol. The van der Waals surface area contributed by atoms with Gasteiger partial charge in [-0.1, -0.05) is 6.92 Å². The van der Waals surface area contributed by atoms with Gasteiger partial charge in [-0.25, -0.2) is 8.42 Å². The van der Waals surface area contributed by atoms with E-state index in [2.05, 4.69) is 4.90 Å². The van der Waals surface area contributed by atoms with E-state index in [1.54, 1.807) is 12.1 Å². The van der Waals surface area contributed by atoms with Gasteiger partial charge in [-0.05, 0) is 43.5 Å². The molecule has 1 aromatic carbocycles. The standard InChI is InChI=1S/C14H20ClNO2S/c1-2-10-19(17,18)14-7-5-13(6-8-14)16-9-3-4-12(15)11-16/h5-8,12H,2-4,9-11H2,1H3. The molecule has 0 bridgehead atoms. The Morgan fingerprint density at radius 1 is 1.32 bits per heavy atom. The third-order valence-corrected chi connectivity index (χ3v) is 5.69. The molecule has 2 rings (SSSR count). The maximum Gasteiger partial charge on any atom is 0.178 e. The van der Waals surface area contributed by atoms with Crippen LogP contribution in [0.1, 0.15) is 26.2 Å². The highest BCUT2D eigenvalue weighted by Crippen LogP contribution is 2.24. The van der Waals surface area contributed by atoms with Crippen molar-refractivity contribution >= 4 is 27.1 Å². The van der Waals surface area contributed by atoms with Crippen molar-refractivity contribution in [1.82, 2.24) is 0 Å². The van der Waals surface area contributed by atoms with Gasteiger partial charge in [0.2, 0.25) is 0 Å². The van der Waals surface area contributed by atoms with Crippen molar-refractivity contribution in [3.8, 4) is 0 Å². The third-order valence-electron chi connectivity index (χ3n) is 3.40. The number of alkyl halides is 1. The zero-order valence-corrected chi connectivity index (χ0v) is 12.8. The molecular formula is C14H20ClNO2S. The molecule has 1 unspecified atom stereocenters. The average Bonchev–Trinajstić information content (AvgIpc) is 2.39. The van der Waals surface area contributed by atoms with E-state index in [0.29, 0.717) is 11.3 Å². The number of halogens is 1. The first-order valence-electron chi connectivity index (χ1n) is 6.75. The van der Waals surface area contributed by atoms with Gasteiger partial charge in [-0.2, -0.15) is 0 Å². The van der Waals surface area contributed by atoms with E-state index in [0.717, 1.165) is 31.6 Å². The lowest BCUT2D eigenvalue weighted by Gasteiger charge is -2.31. The van der Waals surface area contributed by atoms with Crippen LogP contribution in [0.5, 0.6) is 0 Å². The van der Waals surface area contributed by atoms with E-state index >= 15 is 0 Å². The molecule has 0 aliphatic carbocycles. The highest BCUT2D eigenvalue weighted by Gasteiger charge is 2.19. The second-order valence-electron chi connectivity index (χ2n) is 5.00. The van der Waals surface area contributed by atoms with Crippen molar-refractivity contribution in [2.24, 2.45) is 0 Å². The van der Waals surface area contributed by atoms with Gasteiger partial charge in [0.15, 0.2) is 9.84 Å². The predicted octanol–water partition coefficient (Wildman–Crippen LogP) is 3.08. The zero-order chi connectivity index (χ0) is 13.9. The Morgan fingerprint density at radius 3 is 2.58 bits per heavy atom. The van der Waals surface area contributed by atoms with Gasteiger partial charge in [-0.3, -0.25) is 0 Å². The summed E-state index contributed by atoms with van der Waals surface area (Å²) in [6.45, 7) is 3.70. The van der Waals surface area contributed by atoms with Crippen LogP contribution < -0.4 is 4.90 Å². The Kier molecular flexibility index (Phi) is 4.74. The van der Waals surface area contributed by atoms with Gasteiger partial charge in [0, 0.05) is 18.8 Å². The Hall–Kier alpha value is -0.740. The summed E-state index contributed by atoms with van der Waals surface area (Å²) < 4.78 is 23.9. The Balaban J connectivity index is 2.14. The second kappa shape index (κ2) is 6.14. The number of sulfone groups is 1. The smallest absolute Gasteiger partial charge is 0.178 e. The summed E-state index contributed by atoms with van der Waals surface area (Å²) in [4.78, 5) is 2.63. The molecule has 1 fully saturated rings. The van der Waals surface area contributed by atoms with Gasteiger partial charge in [-0.15, -0.1) is 11.6 Å². The molecule has 106 valence electrons. The van der Waals surface area contributed by atoms with Crippen LogP contribution in [0.2, 0.25) is 0 Å². The number of nitrogens with zero attached hydrogens (tertiary/aromatic N) is 1. The van der Waals surface area contributed by atoms with Gasteiger partial charge in [0.25, 0.3) is 0 Å². The Morgan fingerprint density at radius 2 is 2.00 bits per heavy atom. The molecule has 0 amide bonds. The van der Waals surface area contributed by atoms with Gasteiger partial charge in [0.05, 0.1) is 16.0 Å². The SMILES string of the molecule is CCCS(=O)(=O)c1ccc(N2CCCC(Cl)C2)cc1. The molecule has 1 aliphatic rings. The summed E-state index contributed by atoms with van der Waals surface area (Å²) in [7, 11) is -3.11. The van der Waals surface area contributed by atoms with E-state index in [-0.39, 0.29) is 11.1 Å². The molecular weight excluding hydrogens is 282 g/mol. The summed E-state index contributed by atoms with van der Waals surface area (Å²) in [6, 6.07) is 7.19. The first-order chi connectivity index (χ1) is 9.03. The summed E-state index contributed by atoms with van der Waals surface area (Å²) in [5.74, 6) is 0.208. The first kappa shape index (κ1) is 14.7. The molecule has 5 heteroatoms. The van der Waals surface area contributed by atoms with Crippen LogP contribution in [0.3, 0.4) is 0 Å². The maximum atomic E-state index is 11.9. The van der Waals surface area contributed by atoms with Crippen molar-refractivity contribution in [1.29, 1.82) is 0 Å². The van der Waals surface area contributed by atoms with Gasteiger partial charge < -0.3 is 4.90 Å². The van der Waals surface area contributed by atoms with Crippen molar-refractivity contribution in [3.05, 3.63) is 24.3 Å². The van der Waals surface area contributed by atoms with Crippen LogP contribution in [0.4, 0.5) is 5.69 Å². The topological polar surface area (TPSA) is 37.4 Å². The third kappa shape index (κ3) is 3.63. The van der Waals surface area contributed by atoms with E-state index < -0.39 is 9.84 Å². The fraction of sp³-hybridized carbons (Fsp3) is 0.571. The summed E-state index contributed by atoms with van der Waals surface area (Å²) in [6.07, 6.45) is 2.79. The largest absolute Gasteiger partial charge is 0.370 e. The van der Waals surface area contributed by atoms with Crippen molar-refractivity contribution in [3.63, 3.8) is 0 Å². The molecule has 19 heavy (non-hydrogen) atoms. The molecule has 0 saturated carbocycles. The normalized spacial score (nSPS) is 20.5. The second-order valence-corrected chi connectivity index (χ2v) is 7.72. The minimum Gasteiger partial charge on any atom is -0.370 e. The summed E-state index contributed by atoms with van der Waals surface area (Å²) in [5.41, 5.74) is 1.06. The number of hydrogen-bond donors (Lipinski definition) is 0. The molecule has 1 heterocycles. The van der Waals surface area contributed by atoms with Crippen molar-refractivity contribution < 1.29 is 8.42 Å². The molecule has 3 nitrogen and oxygen atoms in total. The first-order valence-corrected chi connectivity index (χ1v) is 8.83. The molecule has 1 saturated heterocycles. The Bertz CT molecular complexity index is 513. The molecule has 1 atom stereocenters. The zero-order valence-electron chi connectivity index (χ0n) is 11.2. The van der Waals surface area contributed by atoms with Crippen LogP contribution in [0.25, 0.3) is 0 Å². The number of benzene rings is 1. The number of rotatable bonds is 4. The predicted molar refractivity (Wildman–Crippen MR) is 79.9 cm³/mol. The van der Waals surface area contributed by atoms with Crippen molar-refractivity contribution in [2.45, 2.75) is 36.5 Å². The number of piperidine rings is 1. The molecule has 0 N–H and O–H groups in total. The van der Waals surface area contributed by atoms with Crippen molar-refractivity contribution in [2.75, 3.05) is 23.7 Å².